The Morgan fingerprint density at radius 1 is 1.07 bits per heavy atom. The fourth-order valence-electron chi connectivity index (χ4n) is 5.54. The van der Waals surface area contributed by atoms with Crippen LogP contribution in [-0.2, 0) is 24.2 Å². The van der Waals surface area contributed by atoms with E-state index in [-0.39, 0.29) is 0 Å². The first-order chi connectivity index (χ1) is 20.9. The molecule has 4 aromatic rings. The first-order valence-corrected chi connectivity index (χ1v) is 15.3. The van der Waals surface area contributed by atoms with E-state index in [1.165, 1.54) is 5.56 Å². The van der Waals surface area contributed by atoms with Crippen LogP contribution in [0, 0.1) is 13.8 Å². The lowest BCUT2D eigenvalue weighted by molar-refractivity contribution is -0.138. The minimum atomic E-state index is -0.898. The van der Waals surface area contributed by atoms with E-state index < -0.39 is 12.0 Å². The molecule has 0 fully saturated rings. The summed E-state index contributed by atoms with van der Waals surface area (Å²) in [5.41, 5.74) is 5.45. The van der Waals surface area contributed by atoms with Crippen molar-refractivity contribution in [2.24, 2.45) is 0 Å². The number of anilines is 2. The number of aryl methyl sites for hydroxylation is 4. The lowest BCUT2D eigenvalue weighted by Crippen LogP contribution is -2.37. The SMILES string of the molecule is Cc1cc(C)n(CCN(CCCCc2ccc3c(n2)NCCC3)CC[C@H](Nc2ccnc(-c3ccccc3)n2)C(=O)O)n1. The third-order valence-corrected chi connectivity index (χ3v) is 7.88. The van der Waals surface area contributed by atoms with Gasteiger partial charge < -0.3 is 20.6 Å². The molecular weight excluding hydrogens is 540 g/mol. The van der Waals surface area contributed by atoms with Crippen molar-refractivity contribution in [3.63, 3.8) is 0 Å². The summed E-state index contributed by atoms with van der Waals surface area (Å²) in [5.74, 6) is 1.21. The summed E-state index contributed by atoms with van der Waals surface area (Å²) in [7, 11) is 0. The van der Waals surface area contributed by atoms with Gasteiger partial charge in [0.25, 0.3) is 0 Å². The average molecular weight is 583 g/mol. The van der Waals surface area contributed by atoms with Gasteiger partial charge in [-0.05, 0) is 82.7 Å². The van der Waals surface area contributed by atoms with Crippen molar-refractivity contribution in [1.29, 1.82) is 0 Å². The quantitative estimate of drug-likeness (QED) is 0.166. The van der Waals surface area contributed by atoms with Gasteiger partial charge in [-0.2, -0.15) is 5.10 Å². The van der Waals surface area contributed by atoms with Gasteiger partial charge in [0.05, 0.1) is 12.2 Å². The van der Waals surface area contributed by atoms with Gasteiger partial charge in [0.15, 0.2) is 5.82 Å². The molecule has 0 radical (unpaired) electrons. The Labute approximate surface area is 253 Å². The molecule has 0 saturated carbocycles. The summed E-state index contributed by atoms with van der Waals surface area (Å²) in [4.78, 5) is 28.4. The molecule has 0 bridgehead atoms. The van der Waals surface area contributed by atoms with E-state index in [1.807, 2.05) is 41.9 Å². The minimum absolute atomic E-state index is 0.440. The van der Waals surface area contributed by atoms with Crippen LogP contribution in [0.1, 0.15) is 48.3 Å². The first kappa shape index (κ1) is 30.2. The number of pyridine rings is 1. The zero-order valence-corrected chi connectivity index (χ0v) is 25.2. The molecule has 5 rings (SSSR count). The van der Waals surface area contributed by atoms with Gasteiger partial charge in [-0.3, -0.25) is 4.68 Å². The van der Waals surface area contributed by atoms with Crippen molar-refractivity contribution in [3.8, 4) is 11.4 Å². The number of hydrogen-bond donors (Lipinski definition) is 3. The predicted molar refractivity (Wildman–Crippen MR) is 169 cm³/mol. The van der Waals surface area contributed by atoms with E-state index in [1.54, 1.807) is 12.3 Å². The number of nitrogens with zero attached hydrogens (tertiary/aromatic N) is 6. The van der Waals surface area contributed by atoms with Gasteiger partial charge in [-0.15, -0.1) is 0 Å². The van der Waals surface area contributed by atoms with Crippen LogP contribution >= 0.6 is 0 Å². The predicted octanol–water partition coefficient (Wildman–Crippen LogP) is 4.99. The molecule has 1 aromatic carbocycles. The number of fused-ring (bicyclic) bond motifs is 1. The van der Waals surface area contributed by atoms with Gasteiger partial charge in [0, 0.05) is 42.8 Å². The number of nitrogens with one attached hydrogen (secondary N) is 2. The second-order valence-corrected chi connectivity index (χ2v) is 11.2. The number of unbranched alkanes of at least 4 members (excludes halogenated alkanes) is 1. The van der Waals surface area contributed by atoms with Crippen molar-refractivity contribution in [3.05, 3.63) is 83.4 Å². The van der Waals surface area contributed by atoms with Crippen molar-refractivity contribution in [1.82, 2.24) is 29.6 Å². The smallest absolute Gasteiger partial charge is 0.326 e. The molecule has 1 aliphatic rings. The number of carboxylic acids is 1. The van der Waals surface area contributed by atoms with Crippen molar-refractivity contribution < 1.29 is 9.90 Å². The molecule has 0 aliphatic carbocycles. The summed E-state index contributed by atoms with van der Waals surface area (Å²) >= 11 is 0. The molecule has 43 heavy (non-hydrogen) atoms. The van der Waals surface area contributed by atoms with Crippen LogP contribution in [0.25, 0.3) is 11.4 Å². The van der Waals surface area contributed by atoms with E-state index in [9.17, 15) is 9.90 Å². The van der Waals surface area contributed by atoms with Crippen LogP contribution in [0.4, 0.5) is 11.6 Å². The third kappa shape index (κ3) is 8.61. The zero-order valence-electron chi connectivity index (χ0n) is 25.2. The van der Waals surface area contributed by atoms with Crippen molar-refractivity contribution >= 4 is 17.6 Å². The Morgan fingerprint density at radius 2 is 1.93 bits per heavy atom. The van der Waals surface area contributed by atoms with Gasteiger partial charge in [0.1, 0.15) is 17.7 Å². The molecule has 10 nitrogen and oxygen atoms in total. The molecule has 1 atom stereocenters. The van der Waals surface area contributed by atoms with Crippen molar-refractivity contribution in [2.45, 2.75) is 65.0 Å². The first-order valence-electron chi connectivity index (χ1n) is 15.3. The Morgan fingerprint density at radius 3 is 2.72 bits per heavy atom. The third-order valence-electron chi connectivity index (χ3n) is 7.88. The molecule has 0 saturated heterocycles. The Kier molecular flexibility index (Phi) is 10.3. The molecule has 0 spiro atoms. The molecule has 3 N–H and O–H groups in total. The zero-order chi connectivity index (χ0) is 30.0. The van der Waals surface area contributed by atoms with Crippen LogP contribution in [0.15, 0.2) is 60.8 Å². The number of aromatic nitrogens is 5. The van der Waals surface area contributed by atoms with Crippen LogP contribution in [0.3, 0.4) is 0 Å². The fraction of sp³-hybridized carbons (Fsp3) is 0.424. The highest BCUT2D eigenvalue weighted by molar-refractivity contribution is 5.77. The maximum absolute atomic E-state index is 12.3. The van der Waals surface area contributed by atoms with Gasteiger partial charge in [-0.1, -0.05) is 36.4 Å². The highest BCUT2D eigenvalue weighted by atomic mass is 16.4. The van der Waals surface area contributed by atoms with E-state index >= 15 is 0 Å². The van der Waals surface area contributed by atoms with Crippen molar-refractivity contribution in [2.75, 3.05) is 36.8 Å². The fourth-order valence-corrected chi connectivity index (χ4v) is 5.54. The highest BCUT2D eigenvalue weighted by Crippen LogP contribution is 2.21. The lowest BCUT2D eigenvalue weighted by Gasteiger charge is -2.25. The largest absolute Gasteiger partial charge is 0.480 e. The number of hydrogen-bond acceptors (Lipinski definition) is 8. The molecule has 1 aliphatic heterocycles. The second kappa shape index (κ2) is 14.7. The molecule has 0 amide bonds. The highest BCUT2D eigenvalue weighted by Gasteiger charge is 2.20. The summed E-state index contributed by atoms with van der Waals surface area (Å²) < 4.78 is 2.03. The van der Waals surface area contributed by atoms with E-state index in [2.05, 4.69) is 55.7 Å². The lowest BCUT2D eigenvalue weighted by atomic mass is 10.1. The van der Waals surface area contributed by atoms with Crippen LogP contribution < -0.4 is 10.6 Å². The standard InChI is InChI=1S/C33H42N8O2/c1-24-23-25(2)41(39-24)22-21-40(19-7-6-12-28-14-13-27-11-8-17-34-31(27)36-28)20-16-29(33(42)43)37-30-15-18-35-32(38-30)26-9-4-3-5-10-26/h3-5,9-10,13-15,18,23,29H,6-8,11-12,16-17,19-22H2,1-2H3,(H,34,36)(H,42,43)(H,35,37,38)/t29-/m0/s1. The number of aliphatic carboxylic acids is 1. The number of benzene rings is 1. The van der Waals surface area contributed by atoms with Gasteiger partial charge in [-0.25, -0.2) is 19.7 Å². The average Bonchev–Trinajstić information content (AvgIpc) is 3.35. The molecular formula is C33H42N8O2. The van der Waals surface area contributed by atoms with Crippen LogP contribution in [-0.4, -0.2) is 72.9 Å². The maximum Gasteiger partial charge on any atom is 0.326 e. The second-order valence-electron chi connectivity index (χ2n) is 11.2. The monoisotopic (exact) mass is 582 g/mol. The molecule has 226 valence electrons. The minimum Gasteiger partial charge on any atom is -0.480 e. The molecule has 4 heterocycles. The van der Waals surface area contributed by atoms with E-state index in [0.717, 1.165) is 86.7 Å². The number of rotatable bonds is 15. The Balaban J connectivity index is 1.19. The normalized spacial score (nSPS) is 13.4. The molecule has 3 aromatic heterocycles. The number of carboxylic acid groups (broad SMARTS) is 1. The van der Waals surface area contributed by atoms with Crippen LogP contribution in [0.5, 0.6) is 0 Å². The topological polar surface area (TPSA) is 121 Å². The molecule has 10 heteroatoms. The Hall–Kier alpha value is -4.31. The Bertz CT molecular complexity index is 1490. The maximum atomic E-state index is 12.3. The van der Waals surface area contributed by atoms with E-state index in [0.29, 0.717) is 24.6 Å². The van der Waals surface area contributed by atoms with E-state index in [4.69, 9.17) is 4.98 Å². The van der Waals surface area contributed by atoms with Crippen LogP contribution in [0.2, 0.25) is 0 Å². The van der Waals surface area contributed by atoms with Gasteiger partial charge in [0.2, 0.25) is 0 Å². The number of carbonyl (C=O) groups is 1. The summed E-state index contributed by atoms with van der Waals surface area (Å²) in [5, 5.41) is 21.2. The molecule has 0 unspecified atom stereocenters. The summed E-state index contributed by atoms with van der Waals surface area (Å²) in [6.07, 6.45) is 7.30. The van der Waals surface area contributed by atoms with Gasteiger partial charge >= 0.3 is 5.97 Å². The summed E-state index contributed by atoms with van der Waals surface area (Å²) in [6, 6.07) is 17.1. The summed E-state index contributed by atoms with van der Waals surface area (Å²) in [6.45, 7) is 8.13.